The van der Waals surface area contributed by atoms with Crippen LogP contribution >= 0.6 is 23.1 Å². The molecule has 2 heterocycles. The standard InChI is InChI=1S/C15H17N3O3S3/c1-2-13-17-18-15(23-13)16-14(19)11-5-3-4-6-12(11)22-10-7-8-24(20,21)9-10/h3-6,10H,2,7-9H2,1H3,(H,16,18,19)/t10-/m1/s1. The molecule has 9 heteroatoms. The largest absolute Gasteiger partial charge is 0.296 e. The van der Waals surface area contributed by atoms with Crippen LogP contribution in [-0.4, -0.2) is 41.3 Å². The van der Waals surface area contributed by atoms with E-state index in [4.69, 9.17) is 0 Å². The fourth-order valence-corrected chi connectivity index (χ4v) is 6.70. The lowest BCUT2D eigenvalue weighted by molar-refractivity contribution is 0.102. The molecule has 1 saturated heterocycles. The molecule has 2 aromatic rings. The van der Waals surface area contributed by atoms with Gasteiger partial charge in [0.2, 0.25) is 5.13 Å². The molecule has 1 atom stereocenters. The zero-order chi connectivity index (χ0) is 17.2. The van der Waals surface area contributed by atoms with Crippen LogP contribution in [-0.2, 0) is 16.3 Å². The second kappa shape index (κ2) is 7.20. The molecule has 0 unspecified atom stereocenters. The molecule has 6 nitrogen and oxygen atoms in total. The normalized spacial score (nSPS) is 19.3. The van der Waals surface area contributed by atoms with Crippen molar-refractivity contribution >= 4 is 44.0 Å². The smallest absolute Gasteiger partial charge is 0.258 e. The zero-order valence-electron chi connectivity index (χ0n) is 13.1. The Labute approximate surface area is 149 Å². The first-order chi connectivity index (χ1) is 11.5. The van der Waals surface area contributed by atoms with E-state index >= 15 is 0 Å². The highest BCUT2D eigenvalue weighted by Gasteiger charge is 2.29. The first-order valence-corrected chi connectivity index (χ1v) is 11.1. The van der Waals surface area contributed by atoms with Gasteiger partial charge in [0, 0.05) is 10.1 Å². The molecule has 128 valence electrons. The van der Waals surface area contributed by atoms with Crippen LogP contribution in [0.1, 0.15) is 28.7 Å². The Morgan fingerprint density at radius 3 is 2.83 bits per heavy atom. The lowest BCUT2D eigenvalue weighted by Crippen LogP contribution is -2.14. The quantitative estimate of drug-likeness (QED) is 0.854. The van der Waals surface area contributed by atoms with Crippen molar-refractivity contribution in [2.45, 2.75) is 29.9 Å². The second-order valence-electron chi connectivity index (χ2n) is 5.45. The highest BCUT2D eigenvalue weighted by atomic mass is 32.2. The van der Waals surface area contributed by atoms with Crippen LogP contribution in [0.25, 0.3) is 0 Å². The fraction of sp³-hybridized carbons (Fsp3) is 0.400. The molecule has 1 aromatic heterocycles. The van der Waals surface area contributed by atoms with Gasteiger partial charge in [0.15, 0.2) is 9.84 Å². The maximum absolute atomic E-state index is 12.5. The van der Waals surface area contributed by atoms with Crippen molar-refractivity contribution in [3.8, 4) is 0 Å². The molecule has 1 aromatic carbocycles. The number of hydrogen-bond acceptors (Lipinski definition) is 7. The Hall–Kier alpha value is -1.45. The number of hydrogen-bond donors (Lipinski definition) is 1. The highest BCUT2D eigenvalue weighted by molar-refractivity contribution is 8.02. The van der Waals surface area contributed by atoms with Gasteiger partial charge < -0.3 is 0 Å². The predicted molar refractivity (Wildman–Crippen MR) is 96.6 cm³/mol. The average Bonchev–Trinajstić information content (AvgIpc) is 3.13. The Kier molecular flexibility index (Phi) is 5.21. The third-order valence-corrected chi connectivity index (χ3v) is 7.91. The van der Waals surface area contributed by atoms with Crippen molar-refractivity contribution in [1.29, 1.82) is 0 Å². The van der Waals surface area contributed by atoms with Crippen molar-refractivity contribution in [2.75, 3.05) is 16.8 Å². The van der Waals surface area contributed by atoms with Gasteiger partial charge in [-0.3, -0.25) is 10.1 Å². The van der Waals surface area contributed by atoms with Crippen LogP contribution in [0.2, 0.25) is 0 Å². The van der Waals surface area contributed by atoms with Crippen LogP contribution in [0.4, 0.5) is 5.13 Å². The third kappa shape index (κ3) is 4.14. The van der Waals surface area contributed by atoms with Gasteiger partial charge in [0.25, 0.3) is 5.91 Å². The van der Waals surface area contributed by atoms with E-state index in [0.717, 1.165) is 16.3 Å². The molecule has 1 aliphatic heterocycles. The molecule has 0 aliphatic carbocycles. The molecule has 1 fully saturated rings. The molecule has 1 N–H and O–H groups in total. The number of thioether (sulfide) groups is 1. The molecular weight excluding hydrogens is 366 g/mol. The monoisotopic (exact) mass is 383 g/mol. The van der Waals surface area contributed by atoms with Gasteiger partial charge in [0.1, 0.15) is 5.01 Å². The first-order valence-electron chi connectivity index (χ1n) is 7.56. The van der Waals surface area contributed by atoms with E-state index in [1.165, 1.54) is 23.1 Å². The predicted octanol–water partition coefficient (Wildman–Crippen LogP) is 2.63. The summed E-state index contributed by atoms with van der Waals surface area (Å²) in [5.41, 5.74) is 0.528. The average molecular weight is 384 g/mol. The number of rotatable bonds is 5. The zero-order valence-corrected chi connectivity index (χ0v) is 15.5. The summed E-state index contributed by atoms with van der Waals surface area (Å²) < 4.78 is 23.2. The van der Waals surface area contributed by atoms with Gasteiger partial charge >= 0.3 is 0 Å². The van der Waals surface area contributed by atoms with E-state index in [1.54, 1.807) is 12.1 Å². The van der Waals surface area contributed by atoms with Crippen molar-refractivity contribution in [2.24, 2.45) is 0 Å². The van der Waals surface area contributed by atoms with Gasteiger partial charge in [-0.15, -0.1) is 22.0 Å². The van der Waals surface area contributed by atoms with Crippen molar-refractivity contribution in [3.05, 3.63) is 34.8 Å². The Morgan fingerprint density at radius 1 is 1.38 bits per heavy atom. The minimum absolute atomic E-state index is 0.00262. The number of anilines is 1. The highest BCUT2D eigenvalue weighted by Crippen LogP contribution is 2.33. The molecule has 0 radical (unpaired) electrons. The Morgan fingerprint density at radius 2 is 2.17 bits per heavy atom. The maximum Gasteiger partial charge on any atom is 0.258 e. The van der Waals surface area contributed by atoms with Crippen LogP contribution in [0, 0.1) is 0 Å². The van der Waals surface area contributed by atoms with Gasteiger partial charge in [-0.05, 0) is 25.0 Å². The topological polar surface area (TPSA) is 89.0 Å². The lowest BCUT2D eigenvalue weighted by Gasteiger charge is -2.11. The van der Waals surface area contributed by atoms with Crippen LogP contribution in [0.3, 0.4) is 0 Å². The van der Waals surface area contributed by atoms with Gasteiger partial charge in [0.05, 0.1) is 17.1 Å². The molecule has 0 spiro atoms. The molecule has 3 rings (SSSR count). The van der Waals surface area contributed by atoms with Crippen LogP contribution in [0.5, 0.6) is 0 Å². The van der Waals surface area contributed by atoms with Crippen LogP contribution < -0.4 is 5.32 Å². The molecule has 24 heavy (non-hydrogen) atoms. The van der Waals surface area contributed by atoms with E-state index in [0.29, 0.717) is 17.1 Å². The van der Waals surface area contributed by atoms with Crippen molar-refractivity contribution < 1.29 is 13.2 Å². The summed E-state index contributed by atoms with van der Waals surface area (Å²) in [4.78, 5) is 13.3. The minimum atomic E-state index is -2.94. The number of carbonyl (C=O) groups excluding carboxylic acids is 1. The van der Waals surface area contributed by atoms with Gasteiger partial charge in [-0.25, -0.2) is 8.42 Å². The number of sulfone groups is 1. The Bertz CT molecular complexity index is 848. The number of aryl methyl sites for hydroxylation is 1. The van der Waals surface area contributed by atoms with Gasteiger partial charge in [-0.2, -0.15) is 0 Å². The summed E-state index contributed by atoms with van der Waals surface area (Å²) in [7, 11) is -2.94. The molecule has 1 aliphatic rings. The van der Waals surface area contributed by atoms with Crippen molar-refractivity contribution in [3.63, 3.8) is 0 Å². The van der Waals surface area contributed by atoms with E-state index in [2.05, 4.69) is 15.5 Å². The molecular formula is C15H17N3O3S3. The molecule has 1 amide bonds. The summed E-state index contributed by atoms with van der Waals surface area (Å²) in [6.07, 6.45) is 1.40. The van der Waals surface area contributed by atoms with E-state index in [9.17, 15) is 13.2 Å². The molecule has 0 saturated carbocycles. The molecule has 0 bridgehead atoms. The summed E-state index contributed by atoms with van der Waals surface area (Å²) in [5.74, 6) is 0.144. The van der Waals surface area contributed by atoms with Crippen molar-refractivity contribution in [1.82, 2.24) is 10.2 Å². The maximum atomic E-state index is 12.5. The number of amides is 1. The second-order valence-corrected chi connectivity index (χ2v) is 10.1. The van der Waals surface area contributed by atoms with E-state index in [-0.39, 0.29) is 22.7 Å². The number of benzene rings is 1. The van der Waals surface area contributed by atoms with Crippen LogP contribution in [0.15, 0.2) is 29.2 Å². The number of nitrogens with zero attached hydrogens (tertiary/aromatic N) is 2. The summed E-state index contributed by atoms with van der Waals surface area (Å²) in [6.45, 7) is 1.98. The summed E-state index contributed by atoms with van der Waals surface area (Å²) in [6, 6.07) is 7.23. The van der Waals surface area contributed by atoms with E-state index in [1.807, 2.05) is 19.1 Å². The third-order valence-electron chi connectivity index (χ3n) is 3.61. The number of nitrogens with one attached hydrogen (secondary N) is 1. The minimum Gasteiger partial charge on any atom is -0.296 e. The van der Waals surface area contributed by atoms with Gasteiger partial charge in [-0.1, -0.05) is 30.4 Å². The summed E-state index contributed by atoms with van der Waals surface area (Å²) in [5, 5.41) is 12.0. The SMILES string of the molecule is CCc1nnc(NC(=O)c2ccccc2S[C@@H]2CCS(=O)(=O)C2)s1. The van der Waals surface area contributed by atoms with E-state index < -0.39 is 9.84 Å². The Balaban J connectivity index is 1.74. The number of aromatic nitrogens is 2. The lowest BCUT2D eigenvalue weighted by atomic mass is 10.2. The fourth-order valence-electron chi connectivity index (χ4n) is 2.40. The first kappa shape index (κ1) is 17.4. The summed E-state index contributed by atoms with van der Waals surface area (Å²) >= 11 is 2.81. The number of carbonyl (C=O) groups is 1.